The molecule has 2 heteroatoms. The molecule has 96 valence electrons. The Morgan fingerprint density at radius 1 is 1.19 bits per heavy atom. The Labute approximate surface area is 102 Å². The third-order valence-electron chi connectivity index (χ3n) is 3.92. The zero-order chi connectivity index (χ0) is 12.0. The molecular formula is C14H30N2. The van der Waals surface area contributed by atoms with E-state index in [1.54, 1.807) is 0 Å². The van der Waals surface area contributed by atoms with E-state index in [2.05, 4.69) is 38.2 Å². The lowest BCUT2D eigenvalue weighted by Gasteiger charge is -2.31. The molecule has 1 fully saturated rings. The zero-order valence-electron chi connectivity index (χ0n) is 11.6. The first-order valence-electron chi connectivity index (χ1n) is 7.00. The summed E-state index contributed by atoms with van der Waals surface area (Å²) in [4.78, 5) is 2.33. The average Bonchev–Trinajstić information content (AvgIpc) is 2.27. The van der Waals surface area contributed by atoms with Crippen LogP contribution in [-0.2, 0) is 0 Å². The maximum atomic E-state index is 3.73. The molecule has 1 rings (SSSR count). The van der Waals surface area contributed by atoms with Crippen LogP contribution in [0.25, 0.3) is 0 Å². The highest BCUT2D eigenvalue weighted by atomic mass is 15.1. The Hall–Kier alpha value is -0.0800. The normalized spacial score (nSPS) is 28.3. The van der Waals surface area contributed by atoms with Crippen molar-refractivity contribution in [3.05, 3.63) is 0 Å². The zero-order valence-corrected chi connectivity index (χ0v) is 11.6. The maximum Gasteiger partial charge on any atom is 0.00673 e. The molecule has 1 N–H and O–H groups in total. The summed E-state index contributed by atoms with van der Waals surface area (Å²) < 4.78 is 0. The summed E-state index contributed by atoms with van der Waals surface area (Å²) in [6, 6.07) is 0.799. The van der Waals surface area contributed by atoms with Crippen molar-refractivity contribution in [2.45, 2.75) is 52.0 Å². The summed E-state index contributed by atoms with van der Waals surface area (Å²) in [7, 11) is 4.38. The first kappa shape index (κ1) is 14.0. The highest BCUT2D eigenvalue weighted by molar-refractivity contribution is 4.78. The molecular weight excluding hydrogens is 196 g/mol. The fourth-order valence-electron chi connectivity index (χ4n) is 2.58. The summed E-state index contributed by atoms with van der Waals surface area (Å²) >= 11 is 0. The van der Waals surface area contributed by atoms with Gasteiger partial charge < -0.3 is 10.2 Å². The second kappa shape index (κ2) is 7.29. The minimum absolute atomic E-state index is 0.799. The third kappa shape index (κ3) is 5.31. The average molecular weight is 226 g/mol. The monoisotopic (exact) mass is 226 g/mol. The van der Waals surface area contributed by atoms with E-state index in [1.807, 2.05) is 0 Å². The number of rotatable bonds is 6. The maximum absolute atomic E-state index is 3.73. The summed E-state index contributed by atoms with van der Waals surface area (Å²) in [5, 5.41) is 3.73. The Morgan fingerprint density at radius 3 is 2.31 bits per heavy atom. The van der Waals surface area contributed by atoms with Gasteiger partial charge in [0.15, 0.2) is 0 Å². The van der Waals surface area contributed by atoms with Gasteiger partial charge in [0.25, 0.3) is 0 Å². The fourth-order valence-corrected chi connectivity index (χ4v) is 2.58. The lowest BCUT2D eigenvalue weighted by molar-refractivity contribution is 0.231. The van der Waals surface area contributed by atoms with E-state index >= 15 is 0 Å². The van der Waals surface area contributed by atoms with Crippen LogP contribution in [0.2, 0.25) is 0 Å². The molecule has 0 spiro atoms. The van der Waals surface area contributed by atoms with Gasteiger partial charge in [0, 0.05) is 12.6 Å². The largest absolute Gasteiger partial charge is 0.314 e. The van der Waals surface area contributed by atoms with Crippen molar-refractivity contribution in [2.24, 2.45) is 11.8 Å². The van der Waals surface area contributed by atoms with E-state index in [-0.39, 0.29) is 0 Å². The van der Waals surface area contributed by atoms with E-state index in [9.17, 15) is 0 Å². The lowest BCUT2D eigenvalue weighted by Crippen LogP contribution is -2.37. The van der Waals surface area contributed by atoms with Crippen molar-refractivity contribution in [3.63, 3.8) is 0 Å². The van der Waals surface area contributed by atoms with Gasteiger partial charge in [0.2, 0.25) is 0 Å². The molecule has 1 aliphatic carbocycles. The van der Waals surface area contributed by atoms with Crippen molar-refractivity contribution in [2.75, 3.05) is 27.2 Å². The van der Waals surface area contributed by atoms with Gasteiger partial charge in [0.1, 0.15) is 0 Å². The number of nitrogens with one attached hydrogen (secondary N) is 1. The molecule has 0 aromatic carbocycles. The van der Waals surface area contributed by atoms with Gasteiger partial charge in [-0.2, -0.15) is 0 Å². The van der Waals surface area contributed by atoms with Crippen LogP contribution in [0.1, 0.15) is 46.0 Å². The standard InChI is InChI=1S/C14H30N2/c1-5-12(2)10-15-14-8-6-13(7-9-14)11-16(3)4/h12-15H,5-11H2,1-4H3. The van der Waals surface area contributed by atoms with Gasteiger partial charge in [-0.1, -0.05) is 20.3 Å². The fraction of sp³-hybridized carbons (Fsp3) is 1.00. The Bertz CT molecular complexity index is 172. The Balaban J connectivity index is 2.12. The lowest BCUT2D eigenvalue weighted by atomic mass is 9.85. The van der Waals surface area contributed by atoms with Crippen molar-refractivity contribution < 1.29 is 0 Å². The summed E-state index contributed by atoms with van der Waals surface area (Å²) in [6.45, 7) is 7.10. The molecule has 0 aliphatic heterocycles. The van der Waals surface area contributed by atoms with Crippen LogP contribution in [-0.4, -0.2) is 38.1 Å². The van der Waals surface area contributed by atoms with Crippen LogP contribution in [0, 0.1) is 11.8 Å². The summed E-state index contributed by atoms with van der Waals surface area (Å²) in [6.07, 6.45) is 6.89. The van der Waals surface area contributed by atoms with Crippen LogP contribution in [0.15, 0.2) is 0 Å². The molecule has 1 aliphatic rings. The molecule has 16 heavy (non-hydrogen) atoms. The predicted molar refractivity (Wildman–Crippen MR) is 71.8 cm³/mol. The Kier molecular flexibility index (Phi) is 6.37. The van der Waals surface area contributed by atoms with Gasteiger partial charge in [-0.3, -0.25) is 0 Å². The topological polar surface area (TPSA) is 15.3 Å². The molecule has 1 unspecified atom stereocenters. The number of hydrogen-bond donors (Lipinski definition) is 1. The minimum atomic E-state index is 0.799. The van der Waals surface area contributed by atoms with Crippen LogP contribution in [0.4, 0.5) is 0 Å². The minimum Gasteiger partial charge on any atom is -0.314 e. The van der Waals surface area contributed by atoms with E-state index in [0.29, 0.717) is 0 Å². The van der Waals surface area contributed by atoms with Crippen LogP contribution >= 0.6 is 0 Å². The van der Waals surface area contributed by atoms with Gasteiger partial charge in [-0.15, -0.1) is 0 Å². The molecule has 1 saturated carbocycles. The second-order valence-corrected chi connectivity index (χ2v) is 5.90. The molecule has 0 aromatic heterocycles. The van der Waals surface area contributed by atoms with Gasteiger partial charge in [-0.25, -0.2) is 0 Å². The molecule has 1 atom stereocenters. The molecule has 0 aromatic rings. The van der Waals surface area contributed by atoms with Crippen LogP contribution < -0.4 is 5.32 Å². The molecule has 0 bridgehead atoms. The quantitative estimate of drug-likeness (QED) is 0.749. The van der Waals surface area contributed by atoms with Gasteiger partial charge in [-0.05, 0) is 58.2 Å². The van der Waals surface area contributed by atoms with E-state index < -0.39 is 0 Å². The second-order valence-electron chi connectivity index (χ2n) is 5.90. The molecule has 0 heterocycles. The molecule has 0 amide bonds. The number of nitrogens with zero attached hydrogens (tertiary/aromatic N) is 1. The summed E-state index contributed by atoms with van der Waals surface area (Å²) in [5.74, 6) is 1.77. The smallest absolute Gasteiger partial charge is 0.00673 e. The predicted octanol–water partition coefficient (Wildman–Crippen LogP) is 2.74. The molecule has 0 radical (unpaired) electrons. The van der Waals surface area contributed by atoms with Crippen molar-refractivity contribution in [1.82, 2.24) is 10.2 Å². The van der Waals surface area contributed by atoms with Crippen molar-refractivity contribution in [3.8, 4) is 0 Å². The third-order valence-corrected chi connectivity index (χ3v) is 3.92. The highest BCUT2D eigenvalue weighted by Crippen LogP contribution is 2.24. The highest BCUT2D eigenvalue weighted by Gasteiger charge is 2.21. The van der Waals surface area contributed by atoms with Crippen LogP contribution in [0.3, 0.4) is 0 Å². The van der Waals surface area contributed by atoms with E-state index in [4.69, 9.17) is 0 Å². The summed E-state index contributed by atoms with van der Waals surface area (Å²) in [5.41, 5.74) is 0. The van der Waals surface area contributed by atoms with E-state index in [1.165, 1.54) is 45.2 Å². The van der Waals surface area contributed by atoms with Gasteiger partial charge >= 0.3 is 0 Å². The van der Waals surface area contributed by atoms with Gasteiger partial charge in [0.05, 0.1) is 0 Å². The first-order chi connectivity index (χ1) is 7.61. The van der Waals surface area contributed by atoms with E-state index in [0.717, 1.165) is 17.9 Å². The Morgan fingerprint density at radius 2 is 1.81 bits per heavy atom. The van der Waals surface area contributed by atoms with Crippen molar-refractivity contribution >= 4 is 0 Å². The first-order valence-corrected chi connectivity index (χ1v) is 7.00. The number of hydrogen-bond acceptors (Lipinski definition) is 2. The SMILES string of the molecule is CCC(C)CNC1CCC(CN(C)C)CC1. The van der Waals surface area contributed by atoms with Crippen LogP contribution in [0.5, 0.6) is 0 Å². The van der Waals surface area contributed by atoms with Crippen molar-refractivity contribution in [1.29, 1.82) is 0 Å². The molecule has 0 saturated heterocycles. The molecule has 2 nitrogen and oxygen atoms in total.